The number of carbonyl (C=O) groups is 2. The molecule has 1 aliphatic heterocycles. The fourth-order valence-electron chi connectivity index (χ4n) is 2.15. The minimum atomic E-state index is -0.382. The number of nitrogens with one attached hydrogen (secondary N) is 2. The molecule has 0 saturated carbocycles. The first-order valence-corrected chi connectivity index (χ1v) is 6.72. The van der Waals surface area contributed by atoms with E-state index in [1.54, 1.807) is 18.9 Å². The molecule has 2 atom stereocenters. The first-order valence-electron chi connectivity index (χ1n) is 6.72. The maximum absolute atomic E-state index is 12.1. The second-order valence-electron chi connectivity index (χ2n) is 5.33. The highest BCUT2D eigenvalue weighted by molar-refractivity contribution is 5.90. The molecule has 1 saturated heterocycles. The van der Waals surface area contributed by atoms with E-state index in [1.165, 1.54) is 0 Å². The molecule has 2 unspecified atom stereocenters. The van der Waals surface area contributed by atoms with Crippen LogP contribution in [0.5, 0.6) is 0 Å². The molecule has 0 aromatic heterocycles. The first kappa shape index (κ1) is 15.0. The number of likely N-dealkylation sites (N-methyl/N-ethyl adjacent to an activating group) is 1. The van der Waals surface area contributed by atoms with Crippen molar-refractivity contribution in [3.05, 3.63) is 0 Å². The van der Waals surface area contributed by atoms with Gasteiger partial charge in [-0.15, -0.1) is 0 Å². The molecule has 5 heteroatoms. The number of nitrogens with zero attached hydrogens (tertiary/aromatic N) is 1. The smallest absolute Gasteiger partial charge is 0.242 e. The number of hydrogen-bond donors (Lipinski definition) is 2. The van der Waals surface area contributed by atoms with Crippen LogP contribution in [0.15, 0.2) is 0 Å². The van der Waals surface area contributed by atoms with Gasteiger partial charge in [-0.05, 0) is 32.7 Å². The monoisotopic (exact) mass is 255 g/mol. The number of rotatable bonds is 5. The zero-order valence-electron chi connectivity index (χ0n) is 11.8. The Morgan fingerprint density at radius 1 is 1.44 bits per heavy atom. The SMILES string of the molecule is CNC1CCCN(C(C)C(=O)NCC(C)C)C1=O. The maximum Gasteiger partial charge on any atom is 0.242 e. The third kappa shape index (κ3) is 3.70. The molecule has 1 heterocycles. The lowest BCUT2D eigenvalue weighted by Gasteiger charge is -2.35. The Morgan fingerprint density at radius 2 is 2.11 bits per heavy atom. The molecule has 1 fully saturated rings. The number of piperidine rings is 1. The Bertz CT molecular complexity index is 305. The fourth-order valence-corrected chi connectivity index (χ4v) is 2.15. The summed E-state index contributed by atoms with van der Waals surface area (Å²) in [5.74, 6) is 0.396. The molecule has 0 aromatic carbocycles. The van der Waals surface area contributed by atoms with Crippen molar-refractivity contribution in [3.8, 4) is 0 Å². The van der Waals surface area contributed by atoms with Crippen molar-refractivity contribution in [2.75, 3.05) is 20.1 Å². The summed E-state index contributed by atoms with van der Waals surface area (Å²) >= 11 is 0. The van der Waals surface area contributed by atoms with Crippen molar-refractivity contribution in [2.24, 2.45) is 5.92 Å². The van der Waals surface area contributed by atoms with Crippen LogP contribution in [0.4, 0.5) is 0 Å². The summed E-state index contributed by atoms with van der Waals surface area (Å²) < 4.78 is 0. The fraction of sp³-hybridized carbons (Fsp3) is 0.846. The molecular formula is C13H25N3O2. The number of hydrogen-bond acceptors (Lipinski definition) is 3. The van der Waals surface area contributed by atoms with Crippen LogP contribution in [-0.4, -0.2) is 48.9 Å². The highest BCUT2D eigenvalue weighted by Crippen LogP contribution is 2.14. The normalized spacial score (nSPS) is 22.2. The molecule has 1 rings (SSSR count). The van der Waals surface area contributed by atoms with E-state index in [1.807, 2.05) is 13.8 Å². The van der Waals surface area contributed by atoms with E-state index in [-0.39, 0.29) is 23.9 Å². The van der Waals surface area contributed by atoms with Crippen molar-refractivity contribution in [2.45, 2.75) is 45.7 Å². The molecule has 5 nitrogen and oxygen atoms in total. The van der Waals surface area contributed by atoms with E-state index >= 15 is 0 Å². The van der Waals surface area contributed by atoms with Crippen LogP contribution in [0.1, 0.15) is 33.6 Å². The van der Waals surface area contributed by atoms with Gasteiger partial charge >= 0.3 is 0 Å². The summed E-state index contributed by atoms with van der Waals surface area (Å²) in [5, 5.41) is 5.88. The molecule has 0 spiro atoms. The lowest BCUT2D eigenvalue weighted by atomic mass is 10.0. The van der Waals surface area contributed by atoms with Crippen molar-refractivity contribution >= 4 is 11.8 Å². The average Bonchev–Trinajstić information content (AvgIpc) is 2.35. The Morgan fingerprint density at radius 3 is 2.67 bits per heavy atom. The van der Waals surface area contributed by atoms with Gasteiger partial charge in [-0.2, -0.15) is 0 Å². The third-order valence-corrected chi connectivity index (χ3v) is 3.35. The van der Waals surface area contributed by atoms with E-state index < -0.39 is 0 Å². The predicted octanol–water partition coefficient (Wildman–Crippen LogP) is 0.358. The maximum atomic E-state index is 12.1. The van der Waals surface area contributed by atoms with Crippen LogP contribution in [-0.2, 0) is 9.59 Å². The zero-order valence-corrected chi connectivity index (χ0v) is 11.8. The van der Waals surface area contributed by atoms with Crippen LogP contribution in [0, 0.1) is 5.92 Å². The largest absolute Gasteiger partial charge is 0.354 e. The average molecular weight is 255 g/mol. The van der Waals surface area contributed by atoms with Gasteiger partial charge in [-0.1, -0.05) is 13.8 Å². The Kier molecular flexibility index (Phi) is 5.59. The van der Waals surface area contributed by atoms with E-state index in [0.717, 1.165) is 12.8 Å². The molecule has 2 amide bonds. The van der Waals surface area contributed by atoms with Gasteiger partial charge in [0.05, 0.1) is 6.04 Å². The number of likely N-dealkylation sites (tertiary alicyclic amines) is 1. The van der Waals surface area contributed by atoms with Gasteiger partial charge in [0.2, 0.25) is 11.8 Å². The van der Waals surface area contributed by atoms with Gasteiger partial charge in [-0.3, -0.25) is 9.59 Å². The quantitative estimate of drug-likeness (QED) is 0.745. The number of amides is 2. The van der Waals surface area contributed by atoms with E-state index in [4.69, 9.17) is 0 Å². The second-order valence-corrected chi connectivity index (χ2v) is 5.33. The predicted molar refractivity (Wildman–Crippen MR) is 71.1 cm³/mol. The second kappa shape index (κ2) is 6.73. The van der Waals surface area contributed by atoms with Crippen LogP contribution in [0.2, 0.25) is 0 Å². The number of carbonyl (C=O) groups excluding carboxylic acids is 2. The summed E-state index contributed by atoms with van der Waals surface area (Å²) in [6.07, 6.45) is 1.80. The van der Waals surface area contributed by atoms with E-state index in [0.29, 0.717) is 19.0 Å². The minimum Gasteiger partial charge on any atom is -0.354 e. The Balaban J connectivity index is 2.56. The molecule has 0 radical (unpaired) electrons. The summed E-state index contributed by atoms with van der Waals surface area (Å²) in [6, 6.07) is -0.522. The lowest BCUT2D eigenvalue weighted by Crippen LogP contribution is -2.56. The molecule has 1 aliphatic rings. The molecular weight excluding hydrogens is 230 g/mol. The van der Waals surface area contributed by atoms with Gasteiger partial charge < -0.3 is 15.5 Å². The third-order valence-electron chi connectivity index (χ3n) is 3.35. The van der Waals surface area contributed by atoms with Crippen LogP contribution < -0.4 is 10.6 Å². The summed E-state index contributed by atoms with van der Waals surface area (Å²) in [6.45, 7) is 7.22. The topological polar surface area (TPSA) is 61.4 Å². The minimum absolute atomic E-state index is 0.0379. The lowest BCUT2D eigenvalue weighted by molar-refractivity contribution is -0.143. The van der Waals surface area contributed by atoms with Crippen molar-refractivity contribution in [1.29, 1.82) is 0 Å². The zero-order chi connectivity index (χ0) is 13.7. The van der Waals surface area contributed by atoms with Crippen molar-refractivity contribution in [1.82, 2.24) is 15.5 Å². The van der Waals surface area contributed by atoms with E-state index in [9.17, 15) is 9.59 Å². The van der Waals surface area contributed by atoms with Crippen LogP contribution in [0.3, 0.4) is 0 Å². The van der Waals surface area contributed by atoms with Crippen molar-refractivity contribution in [3.63, 3.8) is 0 Å². The van der Waals surface area contributed by atoms with Crippen LogP contribution >= 0.6 is 0 Å². The summed E-state index contributed by atoms with van der Waals surface area (Å²) in [4.78, 5) is 25.8. The van der Waals surface area contributed by atoms with E-state index in [2.05, 4.69) is 10.6 Å². The van der Waals surface area contributed by atoms with Gasteiger partial charge in [0.1, 0.15) is 6.04 Å². The molecule has 0 bridgehead atoms. The molecule has 0 aromatic rings. The molecule has 18 heavy (non-hydrogen) atoms. The van der Waals surface area contributed by atoms with Crippen LogP contribution in [0.25, 0.3) is 0 Å². The summed E-state index contributed by atoms with van der Waals surface area (Å²) in [7, 11) is 1.79. The highest BCUT2D eigenvalue weighted by atomic mass is 16.2. The van der Waals surface area contributed by atoms with Crippen molar-refractivity contribution < 1.29 is 9.59 Å². The highest BCUT2D eigenvalue weighted by Gasteiger charge is 2.33. The van der Waals surface area contributed by atoms with Gasteiger partial charge in [0.25, 0.3) is 0 Å². The van der Waals surface area contributed by atoms with Gasteiger partial charge in [0, 0.05) is 13.1 Å². The van der Waals surface area contributed by atoms with Gasteiger partial charge in [-0.25, -0.2) is 0 Å². The Hall–Kier alpha value is -1.10. The first-order chi connectivity index (χ1) is 8.47. The molecule has 2 N–H and O–H groups in total. The molecule has 104 valence electrons. The molecule has 0 aliphatic carbocycles. The summed E-state index contributed by atoms with van der Waals surface area (Å²) in [5.41, 5.74) is 0. The Labute approximate surface area is 109 Å². The standard InChI is InChI=1S/C13H25N3O2/c1-9(2)8-15-12(17)10(3)16-7-5-6-11(14-4)13(16)18/h9-11,14H,5-8H2,1-4H3,(H,15,17). The van der Waals surface area contributed by atoms with Gasteiger partial charge in [0.15, 0.2) is 0 Å².